The number of carbonyl (C=O) groups excluding carboxylic acids is 1. The highest BCUT2D eigenvalue weighted by Crippen LogP contribution is 2.32. The van der Waals surface area contributed by atoms with Gasteiger partial charge in [0.1, 0.15) is 4.83 Å². The van der Waals surface area contributed by atoms with Gasteiger partial charge in [-0.05, 0) is 24.0 Å². The van der Waals surface area contributed by atoms with Crippen LogP contribution in [0.5, 0.6) is 0 Å². The van der Waals surface area contributed by atoms with E-state index in [1.165, 1.54) is 23.1 Å². The van der Waals surface area contributed by atoms with Gasteiger partial charge in [0.15, 0.2) is 5.16 Å². The standard InChI is InChI=1S/C24H21N3O2S2/c28-20(25-18-11-12-18)15-31-24-26-22-21(19(14-30-22)17-9-5-2-6-10-17)23(29)27(24)13-16-7-3-1-4-8-16/h1-10,14,18H,11-13,15H2,(H,25,28). The number of carbonyl (C=O) groups is 1. The predicted molar refractivity (Wildman–Crippen MR) is 127 cm³/mol. The van der Waals surface area contributed by atoms with Crippen molar-refractivity contribution in [3.8, 4) is 11.1 Å². The van der Waals surface area contributed by atoms with Crippen LogP contribution < -0.4 is 10.9 Å². The smallest absolute Gasteiger partial charge is 0.263 e. The van der Waals surface area contributed by atoms with Crippen LogP contribution in [0.2, 0.25) is 0 Å². The topological polar surface area (TPSA) is 64.0 Å². The lowest BCUT2D eigenvalue weighted by molar-refractivity contribution is -0.118. The van der Waals surface area contributed by atoms with Crippen molar-refractivity contribution in [2.75, 3.05) is 5.75 Å². The van der Waals surface area contributed by atoms with E-state index in [0.29, 0.717) is 28.0 Å². The maximum absolute atomic E-state index is 13.7. The van der Waals surface area contributed by atoms with E-state index in [2.05, 4.69) is 5.32 Å². The molecule has 156 valence electrons. The van der Waals surface area contributed by atoms with Crippen molar-refractivity contribution in [1.82, 2.24) is 14.9 Å². The summed E-state index contributed by atoms with van der Waals surface area (Å²) in [5.41, 5.74) is 2.86. The van der Waals surface area contributed by atoms with E-state index in [4.69, 9.17) is 4.98 Å². The van der Waals surface area contributed by atoms with Crippen molar-refractivity contribution in [3.63, 3.8) is 0 Å². The fourth-order valence-corrected chi connectivity index (χ4v) is 5.28. The predicted octanol–water partition coefficient (Wildman–Crippen LogP) is 4.54. The third kappa shape index (κ3) is 4.43. The van der Waals surface area contributed by atoms with Gasteiger partial charge in [-0.1, -0.05) is 72.4 Å². The van der Waals surface area contributed by atoms with Crippen LogP contribution >= 0.6 is 23.1 Å². The molecule has 0 saturated heterocycles. The summed E-state index contributed by atoms with van der Waals surface area (Å²) in [5, 5.41) is 6.21. The largest absolute Gasteiger partial charge is 0.353 e. The van der Waals surface area contributed by atoms with Crippen molar-refractivity contribution in [1.29, 1.82) is 0 Å². The van der Waals surface area contributed by atoms with Gasteiger partial charge in [0, 0.05) is 17.0 Å². The zero-order valence-electron chi connectivity index (χ0n) is 16.8. The lowest BCUT2D eigenvalue weighted by Crippen LogP contribution is -2.28. The summed E-state index contributed by atoms with van der Waals surface area (Å²) in [6.45, 7) is 0.416. The van der Waals surface area contributed by atoms with Crippen LogP contribution in [0.3, 0.4) is 0 Å². The monoisotopic (exact) mass is 447 g/mol. The van der Waals surface area contributed by atoms with Crippen molar-refractivity contribution >= 4 is 39.2 Å². The molecule has 1 fully saturated rings. The van der Waals surface area contributed by atoms with E-state index in [1.807, 2.05) is 66.0 Å². The molecule has 0 unspecified atom stereocenters. The summed E-state index contributed by atoms with van der Waals surface area (Å²) in [4.78, 5) is 31.4. The normalized spacial score (nSPS) is 13.4. The molecule has 0 bridgehead atoms. The highest BCUT2D eigenvalue weighted by molar-refractivity contribution is 7.99. The number of hydrogen-bond donors (Lipinski definition) is 1. The summed E-state index contributed by atoms with van der Waals surface area (Å²) < 4.78 is 1.70. The Morgan fingerprint density at radius 1 is 1.10 bits per heavy atom. The number of fused-ring (bicyclic) bond motifs is 1. The van der Waals surface area contributed by atoms with Crippen molar-refractivity contribution < 1.29 is 4.79 Å². The first-order chi connectivity index (χ1) is 15.2. The van der Waals surface area contributed by atoms with Crippen molar-refractivity contribution in [2.45, 2.75) is 30.6 Å². The molecule has 1 amide bonds. The summed E-state index contributed by atoms with van der Waals surface area (Å²) in [7, 11) is 0. The molecule has 2 aromatic carbocycles. The maximum atomic E-state index is 13.7. The lowest BCUT2D eigenvalue weighted by atomic mass is 10.1. The number of aromatic nitrogens is 2. The van der Waals surface area contributed by atoms with E-state index in [1.54, 1.807) is 4.57 Å². The third-order valence-corrected chi connectivity index (χ3v) is 7.05. The van der Waals surface area contributed by atoms with Crippen LogP contribution in [0.15, 0.2) is 76.0 Å². The molecule has 1 N–H and O–H groups in total. The van der Waals surface area contributed by atoms with Gasteiger partial charge in [-0.3, -0.25) is 14.2 Å². The van der Waals surface area contributed by atoms with Crippen LogP contribution in [-0.2, 0) is 11.3 Å². The van der Waals surface area contributed by atoms with E-state index >= 15 is 0 Å². The number of thiophene rings is 1. The molecule has 2 heterocycles. The van der Waals surface area contributed by atoms with E-state index < -0.39 is 0 Å². The van der Waals surface area contributed by atoms with Gasteiger partial charge >= 0.3 is 0 Å². The van der Waals surface area contributed by atoms with Crippen LogP contribution in [0.4, 0.5) is 0 Å². The Morgan fingerprint density at radius 2 is 1.81 bits per heavy atom. The molecule has 0 radical (unpaired) electrons. The minimum absolute atomic E-state index is 0.00994. The molecule has 7 heteroatoms. The molecule has 5 rings (SSSR count). The Hall–Kier alpha value is -2.90. The Kier molecular flexibility index (Phi) is 5.61. The molecule has 0 aliphatic heterocycles. The molecule has 1 aliphatic carbocycles. The summed E-state index contributed by atoms with van der Waals surface area (Å²) in [6, 6.07) is 20.1. The molecule has 1 aliphatic rings. The molecular weight excluding hydrogens is 426 g/mol. The van der Waals surface area contributed by atoms with Gasteiger partial charge in [0.05, 0.1) is 17.7 Å². The second-order valence-electron chi connectivity index (χ2n) is 7.60. The molecule has 2 aromatic heterocycles. The summed E-state index contributed by atoms with van der Waals surface area (Å²) in [5.74, 6) is 0.240. The van der Waals surface area contributed by atoms with Crippen molar-refractivity contribution in [2.24, 2.45) is 0 Å². The number of nitrogens with one attached hydrogen (secondary N) is 1. The fraction of sp³-hybridized carbons (Fsp3) is 0.208. The number of hydrogen-bond acceptors (Lipinski definition) is 5. The Labute approximate surface area is 188 Å². The molecule has 0 spiro atoms. The van der Waals surface area contributed by atoms with Crippen LogP contribution in [0, 0.1) is 0 Å². The van der Waals surface area contributed by atoms with Crippen LogP contribution in [0.25, 0.3) is 21.3 Å². The molecule has 4 aromatic rings. The minimum atomic E-state index is -0.0703. The molecule has 5 nitrogen and oxygen atoms in total. The molecular formula is C24H21N3O2S2. The van der Waals surface area contributed by atoms with Crippen molar-refractivity contribution in [3.05, 3.63) is 82.0 Å². The number of rotatable bonds is 7. The maximum Gasteiger partial charge on any atom is 0.263 e. The molecule has 1 saturated carbocycles. The van der Waals surface area contributed by atoms with Gasteiger partial charge < -0.3 is 5.32 Å². The first-order valence-corrected chi connectivity index (χ1v) is 12.1. The van der Waals surface area contributed by atoms with E-state index in [-0.39, 0.29) is 17.2 Å². The van der Waals surface area contributed by atoms with Gasteiger partial charge in [-0.2, -0.15) is 0 Å². The summed E-state index contributed by atoms with van der Waals surface area (Å²) in [6.07, 6.45) is 2.10. The minimum Gasteiger partial charge on any atom is -0.353 e. The average Bonchev–Trinajstić information content (AvgIpc) is 3.51. The average molecular weight is 448 g/mol. The van der Waals surface area contributed by atoms with Gasteiger partial charge in [0.25, 0.3) is 5.56 Å². The highest BCUT2D eigenvalue weighted by Gasteiger charge is 2.24. The SMILES string of the molecule is O=C(CSc1nc2scc(-c3ccccc3)c2c(=O)n1Cc1ccccc1)NC1CC1. The van der Waals surface area contributed by atoms with Gasteiger partial charge in [-0.15, -0.1) is 11.3 Å². The number of nitrogens with zero attached hydrogens (tertiary/aromatic N) is 2. The fourth-order valence-electron chi connectivity index (χ4n) is 3.48. The van der Waals surface area contributed by atoms with E-state index in [0.717, 1.165) is 29.5 Å². The van der Waals surface area contributed by atoms with Crippen LogP contribution in [-0.4, -0.2) is 27.3 Å². The second-order valence-corrected chi connectivity index (χ2v) is 9.40. The lowest BCUT2D eigenvalue weighted by Gasteiger charge is -2.13. The van der Waals surface area contributed by atoms with E-state index in [9.17, 15) is 9.59 Å². The molecule has 31 heavy (non-hydrogen) atoms. The quantitative estimate of drug-likeness (QED) is 0.334. The zero-order chi connectivity index (χ0) is 21.2. The first kappa shape index (κ1) is 20.0. The number of benzene rings is 2. The Balaban J connectivity index is 1.56. The number of thioether (sulfide) groups is 1. The third-order valence-electron chi connectivity index (χ3n) is 5.20. The Bertz CT molecular complexity index is 1280. The zero-order valence-corrected chi connectivity index (χ0v) is 18.4. The first-order valence-electron chi connectivity index (χ1n) is 10.2. The number of amides is 1. The summed E-state index contributed by atoms with van der Waals surface area (Å²) >= 11 is 2.79. The molecule has 0 atom stereocenters. The van der Waals surface area contributed by atoms with Gasteiger partial charge in [-0.25, -0.2) is 4.98 Å². The van der Waals surface area contributed by atoms with Gasteiger partial charge in [0.2, 0.25) is 5.91 Å². The highest BCUT2D eigenvalue weighted by atomic mass is 32.2. The second kappa shape index (κ2) is 8.69. The van der Waals surface area contributed by atoms with Crippen LogP contribution in [0.1, 0.15) is 18.4 Å². The Morgan fingerprint density at radius 3 is 2.52 bits per heavy atom.